The fraction of sp³-hybridized carbons (Fsp3) is 0.545. The average Bonchev–Trinajstić information content (AvgIpc) is 2.89. The number of thiazole rings is 1. The zero-order valence-electron chi connectivity index (χ0n) is 10.1. The number of hydrogen-bond donors (Lipinski definition) is 1. The summed E-state index contributed by atoms with van der Waals surface area (Å²) in [5.74, 6) is -0.310. The Balaban J connectivity index is 2.04. The summed E-state index contributed by atoms with van der Waals surface area (Å²) < 4.78 is 5.19. The fourth-order valence-corrected chi connectivity index (χ4v) is 2.43. The minimum Gasteiger partial charge on any atom is -0.378 e. The standard InChI is InChI=1S/C11H15N3O3S/c1-2-12-9(15)8-7-13-10(18-8)11(16)14-3-5-17-6-4-14/h7H,2-6H2,1H3,(H,12,15). The Hall–Kier alpha value is -1.47. The number of morpholine rings is 1. The smallest absolute Gasteiger partial charge is 0.283 e. The molecule has 2 amide bonds. The van der Waals surface area contributed by atoms with Crippen molar-refractivity contribution in [2.75, 3.05) is 32.8 Å². The summed E-state index contributed by atoms with van der Waals surface area (Å²) in [5, 5.41) is 3.04. The summed E-state index contributed by atoms with van der Waals surface area (Å²) in [7, 11) is 0. The van der Waals surface area contributed by atoms with Crippen LogP contribution in [0.5, 0.6) is 0 Å². The highest BCUT2D eigenvalue weighted by Gasteiger charge is 2.22. The van der Waals surface area contributed by atoms with Crippen molar-refractivity contribution < 1.29 is 14.3 Å². The van der Waals surface area contributed by atoms with E-state index in [1.54, 1.807) is 4.90 Å². The highest BCUT2D eigenvalue weighted by Crippen LogP contribution is 2.15. The number of amides is 2. The maximum Gasteiger partial charge on any atom is 0.283 e. The number of ether oxygens (including phenoxy) is 1. The Morgan fingerprint density at radius 3 is 2.89 bits per heavy atom. The molecule has 0 bridgehead atoms. The van der Waals surface area contributed by atoms with Gasteiger partial charge in [-0.2, -0.15) is 0 Å². The monoisotopic (exact) mass is 269 g/mol. The zero-order chi connectivity index (χ0) is 13.0. The number of hydrogen-bond acceptors (Lipinski definition) is 5. The molecule has 0 saturated carbocycles. The molecule has 1 aliphatic heterocycles. The Labute approximate surface area is 109 Å². The predicted molar refractivity (Wildman–Crippen MR) is 66.8 cm³/mol. The van der Waals surface area contributed by atoms with E-state index in [9.17, 15) is 9.59 Å². The zero-order valence-corrected chi connectivity index (χ0v) is 11.0. The third kappa shape index (κ3) is 2.85. The van der Waals surface area contributed by atoms with Crippen molar-refractivity contribution in [1.29, 1.82) is 0 Å². The third-order valence-electron chi connectivity index (χ3n) is 2.55. The van der Waals surface area contributed by atoms with Gasteiger partial charge >= 0.3 is 0 Å². The van der Waals surface area contributed by atoms with Gasteiger partial charge in [0.05, 0.1) is 19.4 Å². The summed E-state index contributed by atoms with van der Waals surface area (Å²) in [6.07, 6.45) is 1.45. The number of carbonyl (C=O) groups excluding carboxylic acids is 2. The molecule has 1 aromatic rings. The minimum absolute atomic E-state index is 0.126. The normalized spacial score (nSPS) is 15.5. The van der Waals surface area contributed by atoms with Gasteiger partial charge in [-0.25, -0.2) is 4.98 Å². The number of nitrogens with zero attached hydrogens (tertiary/aromatic N) is 2. The molecular formula is C11H15N3O3S. The quantitative estimate of drug-likeness (QED) is 0.860. The first-order valence-corrected chi connectivity index (χ1v) is 6.65. The van der Waals surface area contributed by atoms with Gasteiger partial charge in [-0.1, -0.05) is 0 Å². The first-order chi connectivity index (χ1) is 8.72. The summed E-state index contributed by atoms with van der Waals surface area (Å²) in [5.41, 5.74) is 0. The Kier molecular flexibility index (Phi) is 4.27. The molecule has 1 aliphatic rings. The van der Waals surface area contributed by atoms with Crippen molar-refractivity contribution in [2.24, 2.45) is 0 Å². The molecule has 0 radical (unpaired) electrons. The summed E-state index contributed by atoms with van der Waals surface area (Å²) >= 11 is 1.13. The lowest BCUT2D eigenvalue weighted by molar-refractivity contribution is 0.0302. The van der Waals surface area contributed by atoms with Gasteiger partial charge in [0, 0.05) is 19.6 Å². The minimum atomic E-state index is -0.184. The van der Waals surface area contributed by atoms with E-state index in [0.29, 0.717) is 42.7 Å². The first-order valence-electron chi connectivity index (χ1n) is 5.83. The molecule has 0 spiro atoms. The summed E-state index contributed by atoms with van der Waals surface area (Å²) in [4.78, 5) is 29.8. The molecule has 0 aromatic carbocycles. The Morgan fingerprint density at radius 1 is 1.50 bits per heavy atom. The van der Waals surface area contributed by atoms with Crippen LogP contribution in [0.15, 0.2) is 6.20 Å². The second-order valence-electron chi connectivity index (χ2n) is 3.79. The van der Waals surface area contributed by atoms with E-state index in [1.807, 2.05) is 6.92 Å². The van der Waals surface area contributed by atoms with E-state index in [2.05, 4.69) is 10.3 Å². The van der Waals surface area contributed by atoms with Crippen molar-refractivity contribution in [3.05, 3.63) is 16.1 Å². The van der Waals surface area contributed by atoms with Gasteiger partial charge in [0.2, 0.25) is 0 Å². The molecule has 7 heteroatoms. The SMILES string of the molecule is CCNC(=O)c1cnc(C(=O)N2CCOCC2)s1. The van der Waals surface area contributed by atoms with Crippen LogP contribution in [0.3, 0.4) is 0 Å². The average molecular weight is 269 g/mol. The molecule has 98 valence electrons. The molecule has 1 saturated heterocycles. The van der Waals surface area contributed by atoms with Crippen LogP contribution in [0.2, 0.25) is 0 Å². The molecule has 18 heavy (non-hydrogen) atoms. The molecule has 1 aromatic heterocycles. The lowest BCUT2D eigenvalue weighted by Gasteiger charge is -2.25. The van der Waals surface area contributed by atoms with Crippen molar-refractivity contribution in [3.63, 3.8) is 0 Å². The van der Waals surface area contributed by atoms with Gasteiger partial charge in [0.25, 0.3) is 11.8 Å². The van der Waals surface area contributed by atoms with Crippen molar-refractivity contribution >= 4 is 23.2 Å². The van der Waals surface area contributed by atoms with Crippen LogP contribution in [0, 0.1) is 0 Å². The van der Waals surface area contributed by atoms with Crippen molar-refractivity contribution in [1.82, 2.24) is 15.2 Å². The van der Waals surface area contributed by atoms with Crippen LogP contribution in [-0.2, 0) is 4.74 Å². The fourth-order valence-electron chi connectivity index (χ4n) is 1.63. The van der Waals surface area contributed by atoms with E-state index < -0.39 is 0 Å². The molecule has 1 fully saturated rings. The van der Waals surface area contributed by atoms with Gasteiger partial charge in [-0.3, -0.25) is 9.59 Å². The number of aromatic nitrogens is 1. The molecule has 0 aliphatic carbocycles. The molecule has 6 nitrogen and oxygen atoms in total. The second-order valence-corrected chi connectivity index (χ2v) is 4.82. The van der Waals surface area contributed by atoms with Crippen LogP contribution in [-0.4, -0.2) is 54.5 Å². The second kappa shape index (κ2) is 5.92. The van der Waals surface area contributed by atoms with Crippen LogP contribution in [0.4, 0.5) is 0 Å². The Bertz CT molecular complexity index is 440. The summed E-state index contributed by atoms with van der Waals surface area (Å²) in [6.45, 7) is 4.67. The lowest BCUT2D eigenvalue weighted by atomic mass is 10.4. The van der Waals surface area contributed by atoms with E-state index >= 15 is 0 Å². The predicted octanol–water partition coefficient (Wildman–Crippen LogP) is 0.365. The van der Waals surface area contributed by atoms with Gasteiger partial charge in [-0.15, -0.1) is 11.3 Å². The van der Waals surface area contributed by atoms with Crippen LogP contribution < -0.4 is 5.32 Å². The molecule has 0 unspecified atom stereocenters. The lowest BCUT2D eigenvalue weighted by Crippen LogP contribution is -2.40. The molecule has 0 atom stereocenters. The Morgan fingerprint density at radius 2 is 2.22 bits per heavy atom. The van der Waals surface area contributed by atoms with Gasteiger partial charge < -0.3 is 15.0 Å². The maximum atomic E-state index is 12.1. The van der Waals surface area contributed by atoms with Gasteiger partial charge in [-0.05, 0) is 6.92 Å². The largest absolute Gasteiger partial charge is 0.378 e. The molecule has 2 heterocycles. The number of nitrogens with one attached hydrogen (secondary N) is 1. The van der Waals surface area contributed by atoms with E-state index in [0.717, 1.165) is 11.3 Å². The van der Waals surface area contributed by atoms with Crippen molar-refractivity contribution in [2.45, 2.75) is 6.92 Å². The van der Waals surface area contributed by atoms with Crippen molar-refractivity contribution in [3.8, 4) is 0 Å². The van der Waals surface area contributed by atoms with E-state index in [4.69, 9.17) is 4.74 Å². The first kappa shape index (κ1) is 13.0. The topological polar surface area (TPSA) is 71.5 Å². The number of rotatable bonds is 3. The van der Waals surface area contributed by atoms with E-state index in [-0.39, 0.29) is 11.8 Å². The molecule has 2 rings (SSSR count). The van der Waals surface area contributed by atoms with Gasteiger partial charge in [0.1, 0.15) is 4.88 Å². The van der Waals surface area contributed by atoms with Crippen LogP contribution in [0.1, 0.15) is 26.4 Å². The highest BCUT2D eigenvalue weighted by atomic mass is 32.1. The third-order valence-corrected chi connectivity index (χ3v) is 3.53. The van der Waals surface area contributed by atoms with Gasteiger partial charge in [0.15, 0.2) is 5.01 Å². The highest BCUT2D eigenvalue weighted by molar-refractivity contribution is 7.15. The molecular weight excluding hydrogens is 254 g/mol. The maximum absolute atomic E-state index is 12.1. The molecule has 1 N–H and O–H groups in total. The van der Waals surface area contributed by atoms with Crippen LogP contribution >= 0.6 is 11.3 Å². The van der Waals surface area contributed by atoms with Crippen LogP contribution in [0.25, 0.3) is 0 Å². The summed E-state index contributed by atoms with van der Waals surface area (Å²) in [6, 6.07) is 0. The number of carbonyl (C=O) groups is 2. The van der Waals surface area contributed by atoms with E-state index in [1.165, 1.54) is 6.20 Å².